The lowest BCUT2D eigenvalue weighted by Gasteiger charge is -2.26. The van der Waals surface area contributed by atoms with Gasteiger partial charge in [0.1, 0.15) is 16.7 Å². The third-order valence-electron chi connectivity index (χ3n) is 5.33. The molecule has 3 aromatic rings. The molecule has 1 aliphatic rings. The van der Waals surface area contributed by atoms with Gasteiger partial charge < -0.3 is 15.9 Å². The number of aliphatic hydroxyl groups excluding tert-OH is 1. The number of rotatable bonds is 3. The van der Waals surface area contributed by atoms with Gasteiger partial charge in [-0.25, -0.2) is 0 Å². The van der Waals surface area contributed by atoms with Crippen molar-refractivity contribution < 1.29 is 10.2 Å². The SMILES string of the molecule is Cc1nnc2sc(C(O)N3CCC(O)(c4ccccc4)C3)c(N)c2c1C. The maximum Gasteiger partial charge on any atom is 0.148 e. The van der Waals surface area contributed by atoms with Crippen molar-refractivity contribution in [2.24, 2.45) is 0 Å². The Hall–Kier alpha value is -2.06. The summed E-state index contributed by atoms with van der Waals surface area (Å²) in [7, 11) is 0. The number of fused-ring (bicyclic) bond motifs is 1. The molecule has 4 N–H and O–H groups in total. The monoisotopic (exact) mass is 370 g/mol. The van der Waals surface area contributed by atoms with Crippen LogP contribution in [0.5, 0.6) is 0 Å². The second-order valence-corrected chi connectivity index (χ2v) is 7.99. The van der Waals surface area contributed by atoms with E-state index in [2.05, 4.69) is 10.2 Å². The van der Waals surface area contributed by atoms with Crippen molar-refractivity contribution >= 4 is 27.2 Å². The predicted molar refractivity (Wildman–Crippen MR) is 103 cm³/mol. The van der Waals surface area contributed by atoms with Crippen LogP contribution in [0, 0.1) is 13.8 Å². The number of thiophene rings is 1. The number of likely N-dealkylation sites (tertiary alicyclic amines) is 1. The molecule has 26 heavy (non-hydrogen) atoms. The van der Waals surface area contributed by atoms with Gasteiger partial charge in [0.2, 0.25) is 0 Å². The summed E-state index contributed by atoms with van der Waals surface area (Å²) in [5, 5.41) is 31.2. The van der Waals surface area contributed by atoms with E-state index < -0.39 is 11.8 Å². The average Bonchev–Trinajstić information content (AvgIpc) is 3.21. The molecule has 1 aromatic carbocycles. The number of nitrogens with zero attached hydrogens (tertiary/aromatic N) is 3. The third-order valence-corrected chi connectivity index (χ3v) is 6.46. The summed E-state index contributed by atoms with van der Waals surface area (Å²) in [6.07, 6.45) is -0.303. The quantitative estimate of drug-likeness (QED) is 0.656. The molecule has 0 bridgehead atoms. The first kappa shape index (κ1) is 17.4. The molecule has 1 saturated heterocycles. The van der Waals surface area contributed by atoms with Crippen LogP contribution in [0.2, 0.25) is 0 Å². The van der Waals surface area contributed by atoms with Gasteiger partial charge >= 0.3 is 0 Å². The van der Waals surface area contributed by atoms with Gasteiger partial charge in [0, 0.05) is 18.5 Å². The number of hydrogen-bond donors (Lipinski definition) is 3. The smallest absolute Gasteiger partial charge is 0.148 e. The molecule has 6 nitrogen and oxygen atoms in total. The second kappa shape index (κ2) is 6.28. The van der Waals surface area contributed by atoms with E-state index in [9.17, 15) is 10.2 Å². The molecule has 4 rings (SSSR count). The summed E-state index contributed by atoms with van der Waals surface area (Å²) in [5.74, 6) is 0. The number of aromatic nitrogens is 2. The van der Waals surface area contributed by atoms with E-state index >= 15 is 0 Å². The lowest BCUT2D eigenvalue weighted by atomic mass is 9.93. The molecule has 0 radical (unpaired) electrons. The number of aryl methyl sites for hydroxylation is 2. The van der Waals surface area contributed by atoms with Gasteiger partial charge in [-0.1, -0.05) is 30.3 Å². The summed E-state index contributed by atoms with van der Waals surface area (Å²) in [4.78, 5) is 3.27. The Morgan fingerprint density at radius 3 is 2.69 bits per heavy atom. The van der Waals surface area contributed by atoms with Gasteiger partial charge in [0.15, 0.2) is 0 Å². The van der Waals surface area contributed by atoms with E-state index in [1.807, 2.05) is 49.1 Å². The number of nitrogen functional groups attached to an aromatic ring is 1. The molecule has 0 saturated carbocycles. The molecule has 1 fully saturated rings. The van der Waals surface area contributed by atoms with Gasteiger partial charge in [0.05, 0.1) is 16.3 Å². The van der Waals surface area contributed by atoms with Gasteiger partial charge in [-0.15, -0.1) is 16.4 Å². The molecule has 0 amide bonds. The van der Waals surface area contributed by atoms with Crippen LogP contribution in [0.15, 0.2) is 30.3 Å². The van der Waals surface area contributed by atoms with Crippen molar-refractivity contribution in [2.75, 3.05) is 18.8 Å². The number of nitrogens with two attached hydrogens (primary N) is 1. The highest BCUT2D eigenvalue weighted by Crippen LogP contribution is 2.42. The van der Waals surface area contributed by atoms with Crippen molar-refractivity contribution in [3.8, 4) is 0 Å². The Labute approximate surface area is 155 Å². The maximum atomic E-state index is 11.0. The number of anilines is 1. The summed E-state index contributed by atoms with van der Waals surface area (Å²) in [6.45, 7) is 4.81. The molecule has 7 heteroatoms. The molecular weight excluding hydrogens is 348 g/mol. The fourth-order valence-electron chi connectivity index (χ4n) is 3.63. The number of β-amino-alcohol motifs (C(OH)–C–C–N with tert-alkyl or cyclic N) is 1. The summed E-state index contributed by atoms with van der Waals surface area (Å²) < 4.78 is 0. The van der Waals surface area contributed by atoms with Crippen LogP contribution >= 0.6 is 11.3 Å². The lowest BCUT2D eigenvalue weighted by Crippen LogP contribution is -2.33. The molecule has 136 valence electrons. The maximum absolute atomic E-state index is 11.0. The standard InChI is InChI=1S/C19H22N4O2S/c1-11-12(2)21-22-17-14(11)15(20)16(26-17)18(24)23-9-8-19(25,10-23)13-6-4-3-5-7-13/h3-7,18,24-25H,8-10,20H2,1-2H3. The summed E-state index contributed by atoms with van der Waals surface area (Å²) in [6, 6.07) is 9.61. The zero-order chi connectivity index (χ0) is 18.5. The average molecular weight is 370 g/mol. The van der Waals surface area contributed by atoms with Crippen LogP contribution in [0.4, 0.5) is 5.69 Å². The molecule has 0 spiro atoms. The van der Waals surface area contributed by atoms with Crippen molar-refractivity contribution in [1.82, 2.24) is 15.1 Å². The highest BCUT2D eigenvalue weighted by molar-refractivity contribution is 7.19. The molecule has 2 unspecified atom stereocenters. The molecule has 2 aromatic heterocycles. The zero-order valence-electron chi connectivity index (χ0n) is 14.8. The molecule has 2 atom stereocenters. The van der Waals surface area contributed by atoms with Crippen molar-refractivity contribution in [3.63, 3.8) is 0 Å². The third kappa shape index (κ3) is 2.68. The Kier molecular flexibility index (Phi) is 4.19. The van der Waals surface area contributed by atoms with E-state index in [-0.39, 0.29) is 0 Å². The van der Waals surface area contributed by atoms with Crippen molar-refractivity contribution in [3.05, 3.63) is 52.0 Å². The lowest BCUT2D eigenvalue weighted by molar-refractivity contribution is -0.0125. The number of aliphatic hydroxyl groups is 2. The summed E-state index contributed by atoms with van der Waals surface area (Å²) >= 11 is 1.37. The Bertz CT molecular complexity index is 959. The fraction of sp³-hybridized carbons (Fsp3) is 0.368. The van der Waals surface area contributed by atoms with Crippen LogP contribution in [-0.2, 0) is 5.60 Å². The molecule has 1 aliphatic heterocycles. The normalized spacial score (nSPS) is 22.2. The minimum atomic E-state index is -0.958. The van der Waals surface area contributed by atoms with Gasteiger partial charge in [-0.05, 0) is 31.4 Å². The predicted octanol–water partition coefficient (Wildman–Crippen LogP) is 2.47. The zero-order valence-corrected chi connectivity index (χ0v) is 15.6. The van der Waals surface area contributed by atoms with Crippen molar-refractivity contribution in [2.45, 2.75) is 32.1 Å². The van der Waals surface area contributed by atoms with E-state index in [0.29, 0.717) is 30.1 Å². The first-order valence-electron chi connectivity index (χ1n) is 8.62. The number of benzene rings is 1. The second-order valence-electron chi connectivity index (χ2n) is 6.96. The van der Waals surface area contributed by atoms with E-state index in [1.54, 1.807) is 0 Å². The fourth-order valence-corrected chi connectivity index (χ4v) is 4.75. The number of hydrogen-bond acceptors (Lipinski definition) is 7. The largest absolute Gasteiger partial charge is 0.397 e. The van der Waals surface area contributed by atoms with Gasteiger partial charge in [-0.2, -0.15) is 5.10 Å². The highest BCUT2D eigenvalue weighted by atomic mass is 32.1. The van der Waals surface area contributed by atoms with Crippen LogP contribution in [0.3, 0.4) is 0 Å². The van der Waals surface area contributed by atoms with Crippen molar-refractivity contribution in [1.29, 1.82) is 0 Å². The Morgan fingerprint density at radius 1 is 1.23 bits per heavy atom. The Balaban J connectivity index is 1.65. The topological polar surface area (TPSA) is 95.5 Å². The van der Waals surface area contributed by atoms with Crippen LogP contribution < -0.4 is 5.73 Å². The minimum absolute atomic E-state index is 0.357. The minimum Gasteiger partial charge on any atom is -0.397 e. The molecular formula is C19H22N4O2S. The molecule has 0 aliphatic carbocycles. The summed E-state index contributed by atoms with van der Waals surface area (Å²) in [5.41, 5.74) is 8.65. The Morgan fingerprint density at radius 2 is 1.96 bits per heavy atom. The highest BCUT2D eigenvalue weighted by Gasteiger charge is 2.41. The molecule has 3 heterocycles. The van der Waals surface area contributed by atoms with Gasteiger partial charge in [-0.3, -0.25) is 4.90 Å². The first-order valence-corrected chi connectivity index (χ1v) is 9.44. The first-order chi connectivity index (χ1) is 12.4. The van der Waals surface area contributed by atoms with Gasteiger partial charge in [0.25, 0.3) is 0 Å². The van der Waals surface area contributed by atoms with Crippen LogP contribution in [-0.4, -0.2) is 38.4 Å². The van der Waals surface area contributed by atoms with E-state index in [1.165, 1.54) is 11.3 Å². The van der Waals surface area contributed by atoms with Crippen LogP contribution in [0.1, 0.15) is 34.3 Å². The van der Waals surface area contributed by atoms with Crippen LogP contribution in [0.25, 0.3) is 10.2 Å². The van der Waals surface area contributed by atoms with E-state index in [0.717, 1.165) is 27.0 Å². The van der Waals surface area contributed by atoms with E-state index in [4.69, 9.17) is 5.73 Å².